The molecule has 0 aliphatic carbocycles. The van der Waals surface area contributed by atoms with Gasteiger partial charge in [-0.05, 0) is 12.1 Å². The largest absolute Gasteiger partial charge is 0.497 e. The monoisotopic (exact) mass is 292 g/mol. The number of hydrogen-bond donors (Lipinski definition) is 1. The van der Waals surface area contributed by atoms with E-state index < -0.39 is 6.09 Å². The predicted molar refractivity (Wildman–Crippen MR) is 78.2 cm³/mol. The van der Waals surface area contributed by atoms with Crippen molar-refractivity contribution in [1.82, 2.24) is 10.3 Å². The molecule has 0 aliphatic heterocycles. The molecule has 20 heavy (non-hydrogen) atoms. The van der Waals surface area contributed by atoms with Gasteiger partial charge < -0.3 is 14.8 Å². The zero-order valence-corrected chi connectivity index (χ0v) is 12.2. The summed E-state index contributed by atoms with van der Waals surface area (Å²) in [5.74, 6) is 0.812. The van der Waals surface area contributed by atoms with Gasteiger partial charge in [0.25, 0.3) is 0 Å². The molecule has 0 spiro atoms. The molecule has 0 radical (unpaired) electrons. The van der Waals surface area contributed by atoms with Crippen LogP contribution in [0.3, 0.4) is 0 Å². The maximum Gasteiger partial charge on any atom is 0.406 e. The van der Waals surface area contributed by atoms with Crippen molar-refractivity contribution in [3.05, 3.63) is 35.3 Å². The minimum Gasteiger partial charge on any atom is -0.497 e. The van der Waals surface area contributed by atoms with Gasteiger partial charge >= 0.3 is 6.09 Å². The molecule has 0 aliphatic rings. The highest BCUT2D eigenvalue weighted by Gasteiger charge is 2.06. The summed E-state index contributed by atoms with van der Waals surface area (Å²) in [6.45, 7) is 0.508. The summed E-state index contributed by atoms with van der Waals surface area (Å²) < 4.78 is 9.71. The van der Waals surface area contributed by atoms with Gasteiger partial charge in [0.05, 0.1) is 19.9 Å². The molecule has 2 rings (SSSR count). The second kappa shape index (κ2) is 6.91. The third-order valence-electron chi connectivity index (χ3n) is 2.70. The lowest BCUT2D eigenvalue weighted by Crippen LogP contribution is -2.25. The Morgan fingerprint density at radius 2 is 2.25 bits per heavy atom. The van der Waals surface area contributed by atoms with Crippen molar-refractivity contribution in [3.8, 4) is 16.3 Å². The highest BCUT2D eigenvalue weighted by atomic mass is 32.1. The van der Waals surface area contributed by atoms with E-state index in [1.165, 1.54) is 7.11 Å². The number of aromatic nitrogens is 1. The molecule has 1 amide bonds. The average Bonchev–Trinajstić information content (AvgIpc) is 2.96. The first-order chi connectivity index (χ1) is 9.72. The number of alkyl carbamates (subject to hydrolysis) is 1. The third kappa shape index (κ3) is 3.71. The number of amides is 1. The van der Waals surface area contributed by atoms with Crippen LogP contribution in [0.1, 0.15) is 5.69 Å². The fraction of sp³-hybridized carbons (Fsp3) is 0.286. The van der Waals surface area contributed by atoms with Gasteiger partial charge in [0.2, 0.25) is 0 Å². The van der Waals surface area contributed by atoms with Crippen molar-refractivity contribution in [2.75, 3.05) is 20.8 Å². The van der Waals surface area contributed by atoms with E-state index in [9.17, 15) is 4.79 Å². The number of hydrogen-bond acceptors (Lipinski definition) is 5. The fourth-order valence-electron chi connectivity index (χ4n) is 1.68. The van der Waals surface area contributed by atoms with Crippen LogP contribution in [0.15, 0.2) is 29.6 Å². The van der Waals surface area contributed by atoms with E-state index in [2.05, 4.69) is 15.0 Å². The number of carbonyl (C=O) groups is 1. The van der Waals surface area contributed by atoms with Crippen LogP contribution in [0.4, 0.5) is 4.79 Å². The van der Waals surface area contributed by atoms with E-state index in [0.717, 1.165) is 22.0 Å². The van der Waals surface area contributed by atoms with Gasteiger partial charge in [-0.3, -0.25) is 0 Å². The Balaban J connectivity index is 1.99. The van der Waals surface area contributed by atoms with Crippen molar-refractivity contribution in [1.29, 1.82) is 0 Å². The van der Waals surface area contributed by atoms with Gasteiger partial charge in [-0.15, -0.1) is 11.3 Å². The number of ether oxygens (including phenoxy) is 2. The number of thiazole rings is 1. The Kier molecular flexibility index (Phi) is 4.95. The Morgan fingerprint density at radius 1 is 1.40 bits per heavy atom. The van der Waals surface area contributed by atoms with Crippen molar-refractivity contribution >= 4 is 17.4 Å². The number of nitrogens with zero attached hydrogens (tertiary/aromatic N) is 1. The van der Waals surface area contributed by atoms with Gasteiger partial charge in [0, 0.05) is 23.9 Å². The highest BCUT2D eigenvalue weighted by Crippen LogP contribution is 2.26. The maximum atomic E-state index is 10.9. The van der Waals surface area contributed by atoms with Gasteiger partial charge in [0.1, 0.15) is 10.8 Å². The smallest absolute Gasteiger partial charge is 0.406 e. The Morgan fingerprint density at radius 3 is 3.00 bits per heavy atom. The first-order valence-electron chi connectivity index (χ1n) is 6.13. The maximum absolute atomic E-state index is 10.9. The molecule has 0 saturated heterocycles. The summed E-state index contributed by atoms with van der Waals surface area (Å²) in [5.41, 5.74) is 1.98. The third-order valence-corrected chi connectivity index (χ3v) is 3.64. The van der Waals surface area contributed by atoms with Crippen molar-refractivity contribution in [3.63, 3.8) is 0 Å². The number of nitrogens with one attached hydrogen (secondary N) is 1. The standard InChI is InChI=1S/C14H16N2O3S/c1-18-12-5-3-4-10(8-12)13-16-11(9-20-13)6-7-15-14(17)19-2/h3-5,8-9H,6-7H2,1-2H3,(H,15,17). The van der Waals surface area contributed by atoms with Crippen LogP contribution in [0.2, 0.25) is 0 Å². The molecule has 1 aromatic carbocycles. The summed E-state index contributed by atoms with van der Waals surface area (Å²) in [6, 6.07) is 7.79. The zero-order chi connectivity index (χ0) is 14.4. The summed E-state index contributed by atoms with van der Waals surface area (Å²) >= 11 is 1.58. The quantitative estimate of drug-likeness (QED) is 0.920. The van der Waals surface area contributed by atoms with Gasteiger partial charge in [0.15, 0.2) is 0 Å². The van der Waals surface area contributed by atoms with Gasteiger partial charge in [-0.25, -0.2) is 9.78 Å². The molecule has 1 N–H and O–H groups in total. The lowest BCUT2D eigenvalue weighted by molar-refractivity contribution is 0.171. The second-order valence-electron chi connectivity index (χ2n) is 4.04. The molecule has 0 bridgehead atoms. The summed E-state index contributed by atoms with van der Waals surface area (Å²) in [6.07, 6.45) is 0.253. The number of rotatable bonds is 5. The van der Waals surface area contributed by atoms with Crippen LogP contribution < -0.4 is 10.1 Å². The number of carbonyl (C=O) groups excluding carboxylic acids is 1. The lowest BCUT2D eigenvalue weighted by Gasteiger charge is -2.02. The van der Waals surface area contributed by atoms with Crippen LogP contribution in [-0.2, 0) is 11.2 Å². The lowest BCUT2D eigenvalue weighted by atomic mass is 10.2. The molecule has 1 aromatic heterocycles. The summed E-state index contributed by atoms with van der Waals surface area (Å²) in [4.78, 5) is 15.5. The summed E-state index contributed by atoms with van der Waals surface area (Å²) in [5, 5.41) is 5.57. The molecule has 0 fully saturated rings. The highest BCUT2D eigenvalue weighted by molar-refractivity contribution is 7.13. The Labute approximate surface area is 121 Å². The van der Waals surface area contributed by atoms with E-state index in [-0.39, 0.29) is 0 Å². The SMILES string of the molecule is COC(=O)NCCc1csc(-c2cccc(OC)c2)n1. The van der Waals surface area contributed by atoms with Crippen molar-refractivity contribution in [2.24, 2.45) is 0 Å². The molecule has 0 saturated carbocycles. The van der Waals surface area contributed by atoms with Crippen LogP contribution in [0, 0.1) is 0 Å². The first-order valence-corrected chi connectivity index (χ1v) is 7.01. The van der Waals surface area contributed by atoms with Crippen molar-refractivity contribution < 1.29 is 14.3 Å². The average molecular weight is 292 g/mol. The molecule has 5 nitrogen and oxygen atoms in total. The molecule has 106 valence electrons. The normalized spacial score (nSPS) is 10.1. The number of methoxy groups -OCH3 is 2. The van der Waals surface area contributed by atoms with Crippen LogP contribution >= 0.6 is 11.3 Å². The fourth-order valence-corrected chi connectivity index (χ4v) is 2.53. The molecular weight excluding hydrogens is 276 g/mol. The van der Waals surface area contributed by atoms with E-state index in [1.807, 2.05) is 29.6 Å². The number of benzene rings is 1. The van der Waals surface area contributed by atoms with E-state index >= 15 is 0 Å². The van der Waals surface area contributed by atoms with E-state index in [4.69, 9.17) is 4.74 Å². The molecule has 2 aromatic rings. The molecule has 0 atom stereocenters. The molecule has 0 unspecified atom stereocenters. The minimum atomic E-state index is -0.423. The van der Waals surface area contributed by atoms with Crippen LogP contribution in [0.5, 0.6) is 5.75 Å². The van der Waals surface area contributed by atoms with E-state index in [0.29, 0.717) is 13.0 Å². The minimum absolute atomic E-state index is 0.423. The summed E-state index contributed by atoms with van der Waals surface area (Å²) in [7, 11) is 2.99. The zero-order valence-electron chi connectivity index (χ0n) is 11.4. The Bertz CT molecular complexity index is 583. The first kappa shape index (κ1) is 14.3. The van der Waals surface area contributed by atoms with Gasteiger partial charge in [-0.2, -0.15) is 0 Å². The van der Waals surface area contributed by atoms with Gasteiger partial charge in [-0.1, -0.05) is 12.1 Å². The second-order valence-corrected chi connectivity index (χ2v) is 4.90. The predicted octanol–water partition coefficient (Wildman–Crippen LogP) is 2.72. The van der Waals surface area contributed by atoms with Crippen LogP contribution in [-0.4, -0.2) is 31.8 Å². The van der Waals surface area contributed by atoms with Crippen LogP contribution in [0.25, 0.3) is 10.6 Å². The molecular formula is C14H16N2O3S. The molecule has 1 heterocycles. The van der Waals surface area contributed by atoms with Crippen molar-refractivity contribution in [2.45, 2.75) is 6.42 Å². The topological polar surface area (TPSA) is 60.5 Å². The molecule has 6 heteroatoms. The Hall–Kier alpha value is -2.08. The van der Waals surface area contributed by atoms with E-state index in [1.54, 1.807) is 18.4 Å².